The molecule has 4 nitrogen and oxygen atoms in total. The molecule has 1 heterocycles. The van der Waals surface area contributed by atoms with E-state index in [4.69, 9.17) is 27.6 Å². The Morgan fingerprint density at radius 2 is 2.17 bits per heavy atom. The summed E-state index contributed by atoms with van der Waals surface area (Å²) in [6, 6.07) is 5.15. The van der Waals surface area contributed by atoms with Gasteiger partial charge in [-0.25, -0.2) is 0 Å². The van der Waals surface area contributed by atoms with Crippen molar-refractivity contribution in [2.24, 2.45) is 0 Å². The zero-order chi connectivity index (χ0) is 13.1. The van der Waals surface area contributed by atoms with E-state index in [2.05, 4.69) is 10.2 Å². The van der Waals surface area contributed by atoms with E-state index in [1.807, 2.05) is 0 Å². The average molecular weight is 283 g/mol. The van der Waals surface area contributed by atoms with E-state index in [-0.39, 0.29) is 17.2 Å². The van der Waals surface area contributed by atoms with Gasteiger partial charge in [0.05, 0.1) is 15.6 Å². The lowest BCUT2D eigenvalue weighted by molar-refractivity contribution is -0.111. The number of allylic oxidation sites excluding steroid dienone is 1. The fourth-order valence-corrected chi connectivity index (χ4v) is 1.75. The van der Waals surface area contributed by atoms with Gasteiger partial charge < -0.3 is 4.42 Å². The fourth-order valence-electron chi connectivity index (χ4n) is 1.39. The molecule has 2 aromatic rings. The van der Waals surface area contributed by atoms with Gasteiger partial charge in [-0.3, -0.25) is 4.79 Å². The molecule has 0 aliphatic carbocycles. The van der Waals surface area contributed by atoms with Crippen LogP contribution in [-0.4, -0.2) is 16.0 Å². The molecule has 2 rings (SSSR count). The van der Waals surface area contributed by atoms with E-state index in [1.165, 1.54) is 6.92 Å². The Bertz CT molecular complexity index is 607. The molecule has 0 saturated carbocycles. The molecule has 0 unspecified atom stereocenters. The van der Waals surface area contributed by atoms with E-state index in [0.717, 1.165) is 6.39 Å². The lowest BCUT2D eigenvalue weighted by atomic mass is 10.1. The second-order valence-corrected chi connectivity index (χ2v) is 4.29. The molecule has 1 aromatic carbocycles. The molecular formula is C12H8Cl2N2O2. The molecular weight excluding hydrogens is 275 g/mol. The Labute approximate surface area is 113 Å². The van der Waals surface area contributed by atoms with E-state index in [1.54, 1.807) is 24.3 Å². The Kier molecular flexibility index (Phi) is 3.79. The molecule has 6 heteroatoms. The van der Waals surface area contributed by atoms with Crippen LogP contribution in [0.1, 0.15) is 18.4 Å². The second kappa shape index (κ2) is 5.33. The maximum Gasteiger partial charge on any atom is 0.251 e. The summed E-state index contributed by atoms with van der Waals surface area (Å²) in [6.45, 7) is 1.41. The van der Waals surface area contributed by atoms with Gasteiger partial charge in [-0.05, 0) is 24.6 Å². The van der Waals surface area contributed by atoms with Gasteiger partial charge in [0.25, 0.3) is 5.89 Å². The Balaban J connectivity index is 2.52. The van der Waals surface area contributed by atoms with Crippen molar-refractivity contribution in [3.8, 4) is 0 Å². The van der Waals surface area contributed by atoms with Crippen molar-refractivity contribution in [3.05, 3.63) is 46.1 Å². The standard InChI is InChI=1S/C12H8Cl2N2O2/c1-7(17)9(12-16-15-6-18-12)5-8-3-2-4-10(13)11(8)14/h2-6H,1H3. The highest BCUT2D eigenvalue weighted by molar-refractivity contribution is 6.43. The number of carbonyl (C=O) groups is 1. The summed E-state index contributed by atoms with van der Waals surface area (Å²) in [5.41, 5.74) is 0.907. The van der Waals surface area contributed by atoms with E-state index >= 15 is 0 Å². The topological polar surface area (TPSA) is 56.0 Å². The zero-order valence-electron chi connectivity index (χ0n) is 9.35. The van der Waals surface area contributed by atoms with Gasteiger partial charge in [0, 0.05) is 0 Å². The number of rotatable bonds is 3. The Morgan fingerprint density at radius 3 is 2.78 bits per heavy atom. The molecule has 0 fully saturated rings. The maximum absolute atomic E-state index is 11.6. The van der Waals surface area contributed by atoms with Gasteiger partial charge in [-0.2, -0.15) is 0 Å². The number of hydrogen-bond acceptors (Lipinski definition) is 4. The van der Waals surface area contributed by atoms with Crippen molar-refractivity contribution < 1.29 is 9.21 Å². The van der Waals surface area contributed by atoms with Crippen molar-refractivity contribution in [1.29, 1.82) is 0 Å². The smallest absolute Gasteiger partial charge is 0.251 e. The minimum Gasteiger partial charge on any atom is -0.423 e. The fraction of sp³-hybridized carbons (Fsp3) is 0.0833. The Morgan fingerprint density at radius 1 is 1.39 bits per heavy atom. The molecule has 1 aromatic heterocycles. The van der Waals surface area contributed by atoms with Gasteiger partial charge in [0.2, 0.25) is 6.39 Å². The summed E-state index contributed by atoms with van der Waals surface area (Å²) >= 11 is 12.0. The van der Waals surface area contributed by atoms with E-state index in [9.17, 15) is 4.79 Å². The van der Waals surface area contributed by atoms with Gasteiger partial charge >= 0.3 is 0 Å². The van der Waals surface area contributed by atoms with Gasteiger partial charge in [-0.1, -0.05) is 35.3 Å². The third-order valence-electron chi connectivity index (χ3n) is 2.25. The second-order valence-electron chi connectivity index (χ2n) is 3.50. The third-order valence-corrected chi connectivity index (χ3v) is 3.08. The highest BCUT2D eigenvalue weighted by Gasteiger charge is 2.14. The van der Waals surface area contributed by atoms with Crippen LogP contribution in [0.3, 0.4) is 0 Å². The number of carbonyl (C=O) groups excluding carboxylic acids is 1. The van der Waals surface area contributed by atoms with Crippen LogP contribution < -0.4 is 0 Å². The number of halogens is 2. The average Bonchev–Trinajstić information content (AvgIpc) is 2.84. The molecule has 0 bridgehead atoms. The van der Waals surface area contributed by atoms with Gasteiger partial charge in [0.15, 0.2) is 5.78 Å². The molecule has 0 aliphatic heterocycles. The summed E-state index contributed by atoms with van der Waals surface area (Å²) < 4.78 is 5.01. The monoisotopic (exact) mass is 282 g/mol. The van der Waals surface area contributed by atoms with Crippen molar-refractivity contribution in [2.45, 2.75) is 6.92 Å². The van der Waals surface area contributed by atoms with E-state index in [0.29, 0.717) is 15.6 Å². The number of hydrogen-bond donors (Lipinski definition) is 0. The van der Waals surface area contributed by atoms with Crippen LogP contribution in [0.5, 0.6) is 0 Å². The molecule has 0 amide bonds. The number of benzene rings is 1. The normalized spacial score (nSPS) is 11.6. The summed E-state index contributed by atoms with van der Waals surface area (Å²) in [7, 11) is 0. The first-order valence-corrected chi connectivity index (χ1v) is 5.78. The van der Waals surface area contributed by atoms with Crippen molar-refractivity contribution in [3.63, 3.8) is 0 Å². The molecule has 0 radical (unpaired) electrons. The zero-order valence-corrected chi connectivity index (χ0v) is 10.9. The summed E-state index contributed by atoms with van der Waals surface area (Å²) in [6.07, 6.45) is 2.73. The first kappa shape index (κ1) is 12.8. The number of nitrogens with zero attached hydrogens (tertiary/aromatic N) is 2. The lowest BCUT2D eigenvalue weighted by Gasteiger charge is -2.02. The summed E-state index contributed by atoms with van der Waals surface area (Å²) in [5, 5.41) is 8.03. The molecule has 92 valence electrons. The Hall–Kier alpha value is -1.65. The summed E-state index contributed by atoms with van der Waals surface area (Å²) in [5.74, 6) is -0.0474. The molecule has 0 aliphatic rings. The summed E-state index contributed by atoms with van der Waals surface area (Å²) in [4.78, 5) is 11.6. The minimum absolute atomic E-state index is 0.151. The van der Waals surface area contributed by atoms with Crippen LogP contribution in [0.15, 0.2) is 29.0 Å². The van der Waals surface area contributed by atoms with Crippen LogP contribution in [0, 0.1) is 0 Å². The van der Waals surface area contributed by atoms with E-state index < -0.39 is 0 Å². The third kappa shape index (κ3) is 2.60. The molecule has 0 spiro atoms. The van der Waals surface area contributed by atoms with Crippen LogP contribution in [0.25, 0.3) is 11.6 Å². The number of aromatic nitrogens is 2. The highest BCUT2D eigenvalue weighted by atomic mass is 35.5. The first-order chi connectivity index (χ1) is 8.59. The van der Waals surface area contributed by atoms with Gasteiger partial charge in [0.1, 0.15) is 0 Å². The van der Waals surface area contributed by atoms with Crippen LogP contribution in [0.4, 0.5) is 0 Å². The SMILES string of the molecule is CC(=O)C(=Cc1cccc(Cl)c1Cl)c1nnco1. The number of Topliss-reactive ketones (excluding diaryl/α,β-unsaturated/α-hetero) is 1. The molecule has 0 atom stereocenters. The van der Waals surface area contributed by atoms with Crippen molar-refractivity contribution >= 4 is 40.6 Å². The minimum atomic E-state index is -0.199. The predicted octanol–water partition coefficient (Wildman–Crippen LogP) is 3.51. The van der Waals surface area contributed by atoms with Crippen LogP contribution in [0.2, 0.25) is 10.0 Å². The van der Waals surface area contributed by atoms with Crippen molar-refractivity contribution in [2.75, 3.05) is 0 Å². The first-order valence-electron chi connectivity index (χ1n) is 5.03. The quantitative estimate of drug-likeness (QED) is 0.809. The predicted molar refractivity (Wildman–Crippen MR) is 69.3 cm³/mol. The van der Waals surface area contributed by atoms with Crippen molar-refractivity contribution in [1.82, 2.24) is 10.2 Å². The van der Waals surface area contributed by atoms with Gasteiger partial charge in [-0.15, -0.1) is 10.2 Å². The molecule has 0 saturated heterocycles. The molecule has 0 N–H and O–H groups in total. The molecule has 18 heavy (non-hydrogen) atoms. The number of ketones is 1. The lowest BCUT2D eigenvalue weighted by Crippen LogP contribution is -1.96. The maximum atomic E-state index is 11.6. The highest BCUT2D eigenvalue weighted by Crippen LogP contribution is 2.28. The van der Waals surface area contributed by atoms with Crippen LogP contribution in [-0.2, 0) is 4.79 Å². The van der Waals surface area contributed by atoms with Crippen LogP contribution >= 0.6 is 23.2 Å². The largest absolute Gasteiger partial charge is 0.423 e.